The van der Waals surface area contributed by atoms with E-state index < -0.39 is 29.5 Å². The largest absolute Gasteiger partial charge is 0.475 e. The van der Waals surface area contributed by atoms with E-state index in [-0.39, 0.29) is 0 Å². The standard InChI is InChI=1S/C3H8N2O7/c6-1-3(12-5(9)10)2-11-4(7)8/h3,6H,1-2H2,(H,7,8)(H,9,10)/q+2. The van der Waals surface area contributed by atoms with E-state index in [1.54, 1.807) is 0 Å². The van der Waals surface area contributed by atoms with Gasteiger partial charge in [-0.1, -0.05) is 0 Å². The van der Waals surface area contributed by atoms with Gasteiger partial charge in [-0.2, -0.15) is 9.68 Å². The third-order valence-electron chi connectivity index (χ3n) is 0.814. The summed E-state index contributed by atoms with van der Waals surface area (Å²) in [6.07, 6.45) is -1.23. The van der Waals surface area contributed by atoms with Gasteiger partial charge < -0.3 is 5.11 Å². The van der Waals surface area contributed by atoms with Crippen LogP contribution in [0.2, 0.25) is 0 Å². The summed E-state index contributed by atoms with van der Waals surface area (Å²) in [5.74, 6) is 0. The fourth-order valence-corrected chi connectivity index (χ4v) is 0.391. The van der Waals surface area contributed by atoms with Crippen LogP contribution in [0.25, 0.3) is 0 Å². The highest BCUT2D eigenvalue weighted by Gasteiger charge is 2.23. The van der Waals surface area contributed by atoms with E-state index in [1.165, 1.54) is 0 Å². The molecule has 0 heterocycles. The molecule has 0 fully saturated rings. The Kier molecular flexibility index (Phi) is 4.38. The highest BCUT2D eigenvalue weighted by Crippen LogP contribution is 1.91. The molecule has 0 saturated carbocycles. The minimum atomic E-state index is -1.23. The van der Waals surface area contributed by atoms with Crippen molar-refractivity contribution in [3.63, 3.8) is 0 Å². The number of hydrogen-bond acceptors (Lipinski definition) is 5. The van der Waals surface area contributed by atoms with Crippen LogP contribution in [0.1, 0.15) is 0 Å². The van der Waals surface area contributed by atoms with Crippen LogP contribution in [0, 0.1) is 9.81 Å². The summed E-state index contributed by atoms with van der Waals surface area (Å²) in [5.41, 5.74) is 0. The number of rotatable bonds is 6. The molecule has 0 bridgehead atoms. The minimum Gasteiger partial charge on any atom is -0.392 e. The third-order valence-corrected chi connectivity index (χ3v) is 0.814. The molecular formula is C3H8N2O7+2. The average molecular weight is 184 g/mol. The zero-order valence-corrected chi connectivity index (χ0v) is 5.86. The van der Waals surface area contributed by atoms with E-state index >= 15 is 0 Å². The maximum absolute atomic E-state index is 9.79. The first-order valence-corrected chi connectivity index (χ1v) is 2.79. The molecule has 1 atom stereocenters. The van der Waals surface area contributed by atoms with Gasteiger partial charge in [0.15, 0.2) is 0 Å². The van der Waals surface area contributed by atoms with Crippen molar-refractivity contribution in [1.82, 2.24) is 0 Å². The number of aliphatic hydroxyl groups excluding tert-OH is 1. The molecule has 0 aromatic carbocycles. The van der Waals surface area contributed by atoms with Crippen LogP contribution in [0.5, 0.6) is 0 Å². The van der Waals surface area contributed by atoms with E-state index in [1.807, 2.05) is 0 Å². The lowest BCUT2D eigenvalue weighted by molar-refractivity contribution is -0.995. The second kappa shape index (κ2) is 5.07. The van der Waals surface area contributed by atoms with Gasteiger partial charge in [-0.25, -0.2) is 10.4 Å². The Morgan fingerprint density at radius 3 is 2.17 bits per heavy atom. The number of aliphatic hydroxyl groups is 1. The molecule has 3 N–H and O–H groups in total. The lowest BCUT2D eigenvalue weighted by atomic mass is 10.4. The Hall–Kier alpha value is -1.64. The summed E-state index contributed by atoms with van der Waals surface area (Å²) in [6, 6.07) is 0. The first-order chi connectivity index (χ1) is 5.56. The fourth-order valence-electron chi connectivity index (χ4n) is 0.391. The molecule has 12 heavy (non-hydrogen) atoms. The summed E-state index contributed by atoms with van der Waals surface area (Å²) >= 11 is 0. The predicted molar refractivity (Wildman–Crippen MR) is 28.7 cm³/mol. The van der Waals surface area contributed by atoms with Gasteiger partial charge in [0.1, 0.15) is 9.81 Å². The van der Waals surface area contributed by atoms with Gasteiger partial charge in [-0.15, -0.1) is 0 Å². The second-order valence-corrected chi connectivity index (χ2v) is 1.68. The molecule has 0 rings (SSSR count). The molecule has 9 nitrogen and oxygen atoms in total. The summed E-state index contributed by atoms with van der Waals surface area (Å²) in [6.45, 7) is -1.23. The Morgan fingerprint density at radius 2 is 1.83 bits per heavy atom. The van der Waals surface area contributed by atoms with Gasteiger partial charge in [-0.3, -0.25) is 0 Å². The molecule has 0 aliphatic carbocycles. The molecule has 70 valence electrons. The molecule has 9 heteroatoms. The van der Waals surface area contributed by atoms with Gasteiger partial charge >= 0.3 is 10.2 Å². The molecule has 0 aromatic rings. The lowest BCUT2D eigenvalue weighted by Gasteiger charge is -1.99. The Bertz CT molecular complexity index is 170. The van der Waals surface area contributed by atoms with Crippen LogP contribution in [0.15, 0.2) is 0 Å². The highest BCUT2D eigenvalue weighted by atomic mass is 17.0. The topological polar surface area (TPSA) is 119 Å². The van der Waals surface area contributed by atoms with Crippen molar-refractivity contribution in [1.29, 1.82) is 0 Å². The molecule has 0 spiro atoms. The number of hydrogen-bond donors (Lipinski definition) is 3. The van der Waals surface area contributed by atoms with Gasteiger partial charge in [0.2, 0.25) is 12.7 Å². The van der Waals surface area contributed by atoms with Gasteiger partial charge in [0.05, 0.1) is 6.61 Å². The fraction of sp³-hybridized carbons (Fsp3) is 1.00. The molecule has 0 aliphatic heterocycles. The molecule has 0 aromatic heterocycles. The van der Waals surface area contributed by atoms with Crippen LogP contribution in [-0.4, -0.2) is 45.0 Å². The molecule has 0 aliphatic rings. The molecule has 1 unspecified atom stereocenters. The van der Waals surface area contributed by atoms with E-state index in [2.05, 4.69) is 9.68 Å². The highest BCUT2D eigenvalue weighted by molar-refractivity contribution is 4.47. The van der Waals surface area contributed by atoms with E-state index in [0.29, 0.717) is 0 Å². The normalized spacial score (nSPS) is 11.8. The quantitative estimate of drug-likeness (QED) is 0.432. The Morgan fingerprint density at radius 1 is 1.25 bits per heavy atom. The predicted octanol–water partition coefficient (Wildman–Crippen LogP) is -1.45. The first kappa shape index (κ1) is 10.4. The SMILES string of the molecule is O=[N+](O)OCC(CO)O[N+](=O)O. The van der Waals surface area contributed by atoms with Gasteiger partial charge in [0.25, 0.3) is 0 Å². The summed E-state index contributed by atoms with van der Waals surface area (Å²) in [5, 5.41) is 22.5. The molecule has 0 radical (unpaired) electrons. The maximum atomic E-state index is 9.79. The van der Waals surface area contributed by atoms with E-state index in [9.17, 15) is 9.81 Å². The average Bonchev–Trinajstić information content (AvgIpc) is 1.97. The van der Waals surface area contributed by atoms with Gasteiger partial charge in [0, 0.05) is 0 Å². The van der Waals surface area contributed by atoms with Crippen molar-refractivity contribution in [3.8, 4) is 0 Å². The van der Waals surface area contributed by atoms with E-state index in [0.717, 1.165) is 0 Å². The first-order valence-electron chi connectivity index (χ1n) is 2.79. The Labute approximate surface area is 65.7 Å². The summed E-state index contributed by atoms with van der Waals surface area (Å²) in [7, 11) is 0. The van der Waals surface area contributed by atoms with Crippen molar-refractivity contribution in [2.45, 2.75) is 6.10 Å². The zero-order valence-electron chi connectivity index (χ0n) is 5.86. The minimum absolute atomic E-state index is 0.574. The van der Waals surface area contributed by atoms with Crippen molar-refractivity contribution in [2.24, 2.45) is 0 Å². The van der Waals surface area contributed by atoms with Crippen molar-refractivity contribution < 1.29 is 35.4 Å². The second-order valence-electron chi connectivity index (χ2n) is 1.68. The summed E-state index contributed by atoms with van der Waals surface area (Å²) in [4.78, 5) is 27.3. The van der Waals surface area contributed by atoms with Crippen LogP contribution < -0.4 is 0 Å². The van der Waals surface area contributed by atoms with Crippen LogP contribution in [0.4, 0.5) is 0 Å². The van der Waals surface area contributed by atoms with Crippen LogP contribution in [-0.2, 0) is 9.68 Å². The number of nitrogens with zero attached hydrogens (tertiary/aromatic N) is 2. The molecular weight excluding hydrogens is 176 g/mol. The maximum Gasteiger partial charge on any atom is 0.475 e. The Balaban J connectivity index is 3.67. The third kappa shape index (κ3) is 5.17. The zero-order chi connectivity index (χ0) is 9.56. The summed E-state index contributed by atoms with van der Waals surface area (Å²) < 4.78 is 0. The van der Waals surface area contributed by atoms with E-state index in [4.69, 9.17) is 15.5 Å². The molecule has 0 saturated heterocycles. The van der Waals surface area contributed by atoms with Crippen molar-refractivity contribution in [3.05, 3.63) is 9.81 Å². The van der Waals surface area contributed by atoms with Crippen molar-refractivity contribution in [2.75, 3.05) is 13.2 Å². The van der Waals surface area contributed by atoms with Gasteiger partial charge in [-0.05, 0) is 0 Å². The van der Waals surface area contributed by atoms with Crippen molar-refractivity contribution >= 4 is 0 Å². The molecule has 0 amide bonds. The lowest BCUT2D eigenvalue weighted by Crippen LogP contribution is -2.28. The van der Waals surface area contributed by atoms with Crippen LogP contribution in [0.3, 0.4) is 0 Å². The smallest absolute Gasteiger partial charge is 0.392 e. The monoisotopic (exact) mass is 184 g/mol. The van der Waals surface area contributed by atoms with Crippen LogP contribution >= 0.6 is 0 Å².